The first-order valence-electron chi connectivity index (χ1n) is 3.54. The summed E-state index contributed by atoms with van der Waals surface area (Å²) >= 11 is 8.76. The Hall–Kier alpha value is 0.180. The second kappa shape index (κ2) is 2.35. The van der Waals surface area contributed by atoms with E-state index in [0.29, 0.717) is 5.25 Å². The molecule has 2 aliphatic rings. The molecule has 0 aromatic heterocycles. The fraction of sp³-hybridized carbons (Fsp3) is 0.500. The summed E-state index contributed by atoms with van der Waals surface area (Å²) in [7, 11) is 0. The molecular weight excluding hydrogens is 160 g/mol. The van der Waals surface area contributed by atoms with Gasteiger partial charge in [0, 0.05) is 5.25 Å². The molecule has 0 aliphatic heterocycles. The molecule has 0 fully saturated rings. The van der Waals surface area contributed by atoms with Gasteiger partial charge in [0.05, 0.1) is 0 Å². The molecule has 0 heterocycles. The van der Waals surface area contributed by atoms with Crippen molar-refractivity contribution in [3.63, 3.8) is 0 Å². The lowest BCUT2D eigenvalue weighted by Gasteiger charge is -2.01. The van der Waals surface area contributed by atoms with E-state index < -0.39 is 0 Å². The van der Waals surface area contributed by atoms with Crippen LogP contribution >= 0.6 is 25.3 Å². The summed E-state index contributed by atoms with van der Waals surface area (Å²) in [6, 6.07) is 0. The molecular formula is C8H10S2. The molecule has 0 amide bonds. The Bertz CT molecular complexity index is 225. The number of rotatable bonds is 0. The van der Waals surface area contributed by atoms with Gasteiger partial charge in [0.1, 0.15) is 0 Å². The van der Waals surface area contributed by atoms with Crippen molar-refractivity contribution < 1.29 is 0 Å². The first kappa shape index (κ1) is 6.86. The lowest BCUT2D eigenvalue weighted by Crippen LogP contribution is -1.91. The van der Waals surface area contributed by atoms with Gasteiger partial charge in [-0.15, -0.1) is 12.6 Å². The van der Waals surface area contributed by atoms with Gasteiger partial charge in [-0.05, 0) is 35.8 Å². The maximum Gasteiger partial charge on any atom is 0.00946 e. The monoisotopic (exact) mass is 170 g/mol. The third-order valence-electron chi connectivity index (χ3n) is 2.13. The van der Waals surface area contributed by atoms with E-state index in [0.717, 1.165) is 12.8 Å². The SMILES string of the molecule is SC1=CC2=C(C1)CC(S)C2. The highest BCUT2D eigenvalue weighted by Gasteiger charge is 2.23. The van der Waals surface area contributed by atoms with Crippen molar-refractivity contribution in [3.05, 3.63) is 22.1 Å². The van der Waals surface area contributed by atoms with Gasteiger partial charge in [0.2, 0.25) is 0 Å². The lowest BCUT2D eigenvalue weighted by atomic mass is 10.2. The average molecular weight is 170 g/mol. The Balaban J connectivity index is 2.20. The molecule has 0 N–H and O–H groups in total. The van der Waals surface area contributed by atoms with Crippen LogP contribution in [0.3, 0.4) is 0 Å². The van der Waals surface area contributed by atoms with Gasteiger partial charge in [-0.1, -0.05) is 5.57 Å². The van der Waals surface area contributed by atoms with Gasteiger partial charge in [-0.25, -0.2) is 0 Å². The van der Waals surface area contributed by atoms with Crippen molar-refractivity contribution in [1.29, 1.82) is 0 Å². The van der Waals surface area contributed by atoms with Gasteiger partial charge in [0.15, 0.2) is 0 Å². The molecule has 0 spiro atoms. The van der Waals surface area contributed by atoms with Crippen LogP contribution in [0.2, 0.25) is 0 Å². The normalized spacial score (nSPS) is 31.0. The zero-order valence-corrected chi connectivity index (χ0v) is 7.46. The van der Waals surface area contributed by atoms with E-state index in [1.54, 1.807) is 5.57 Å². The summed E-state index contributed by atoms with van der Waals surface area (Å²) in [6.45, 7) is 0. The first-order valence-corrected chi connectivity index (χ1v) is 4.50. The molecule has 0 aromatic rings. The van der Waals surface area contributed by atoms with E-state index in [-0.39, 0.29) is 0 Å². The highest BCUT2D eigenvalue weighted by Crippen LogP contribution is 2.40. The molecule has 0 saturated carbocycles. The summed E-state index contributed by atoms with van der Waals surface area (Å²) in [5.74, 6) is 0. The summed E-state index contributed by atoms with van der Waals surface area (Å²) in [5.41, 5.74) is 3.08. The molecule has 1 unspecified atom stereocenters. The predicted molar refractivity (Wildman–Crippen MR) is 50.7 cm³/mol. The van der Waals surface area contributed by atoms with Crippen molar-refractivity contribution >= 4 is 25.3 Å². The van der Waals surface area contributed by atoms with Crippen LogP contribution in [0.4, 0.5) is 0 Å². The van der Waals surface area contributed by atoms with E-state index in [4.69, 9.17) is 0 Å². The van der Waals surface area contributed by atoms with Gasteiger partial charge in [0.25, 0.3) is 0 Å². The van der Waals surface area contributed by atoms with E-state index in [2.05, 4.69) is 31.3 Å². The number of thiol groups is 2. The fourth-order valence-electron chi connectivity index (χ4n) is 1.70. The van der Waals surface area contributed by atoms with Gasteiger partial charge >= 0.3 is 0 Å². The number of allylic oxidation sites excluding steroid dienone is 4. The Morgan fingerprint density at radius 2 is 2.20 bits per heavy atom. The molecule has 0 saturated heterocycles. The Labute approximate surface area is 72.2 Å². The van der Waals surface area contributed by atoms with Gasteiger partial charge in [-0.2, -0.15) is 12.6 Å². The predicted octanol–water partition coefficient (Wildman–Crippen LogP) is 2.59. The van der Waals surface area contributed by atoms with Crippen LogP contribution in [-0.2, 0) is 0 Å². The van der Waals surface area contributed by atoms with Gasteiger partial charge < -0.3 is 0 Å². The molecule has 2 rings (SSSR count). The second-order valence-corrected chi connectivity index (χ2v) is 4.31. The summed E-state index contributed by atoms with van der Waals surface area (Å²) in [5, 5.41) is 0.586. The zero-order valence-electron chi connectivity index (χ0n) is 5.67. The molecule has 0 nitrogen and oxygen atoms in total. The van der Waals surface area contributed by atoms with Crippen LogP contribution in [0.1, 0.15) is 19.3 Å². The maximum absolute atomic E-state index is 4.43. The van der Waals surface area contributed by atoms with Crippen LogP contribution in [0, 0.1) is 0 Å². The Morgan fingerprint density at radius 1 is 1.40 bits per heavy atom. The number of hydrogen-bond acceptors (Lipinski definition) is 2. The molecule has 2 heteroatoms. The Morgan fingerprint density at radius 3 is 2.90 bits per heavy atom. The fourth-order valence-corrected chi connectivity index (χ4v) is 2.47. The quantitative estimate of drug-likeness (QED) is 0.513. The van der Waals surface area contributed by atoms with Crippen molar-refractivity contribution in [3.8, 4) is 0 Å². The molecule has 0 radical (unpaired) electrons. The van der Waals surface area contributed by atoms with Crippen molar-refractivity contribution in [2.75, 3.05) is 0 Å². The van der Waals surface area contributed by atoms with Crippen LogP contribution < -0.4 is 0 Å². The third kappa shape index (κ3) is 1.04. The van der Waals surface area contributed by atoms with E-state index >= 15 is 0 Å². The molecule has 0 bridgehead atoms. The minimum atomic E-state index is 0.586. The highest BCUT2D eigenvalue weighted by atomic mass is 32.1. The van der Waals surface area contributed by atoms with Gasteiger partial charge in [-0.3, -0.25) is 0 Å². The third-order valence-corrected chi connectivity index (χ3v) is 2.78. The topological polar surface area (TPSA) is 0 Å². The number of hydrogen-bond donors (Lipinski definition) is 2. The van der Waals surface area contributed by atoms with E-state index in [9.17, 15) is 0 Å². The molecule has 0 aromatic carbocycles. The lowest BCUT2D eigenvalue weighted by molar-refractivity contribution is 0.908. The summed E-state index contributed by atoms with van der Waals surface area (Å²) in [4.78, 5) is 1.23. The van der Waals surface area contributed by atoms with Crippen LogP contribution in [0.25, 0.3) is 0 Å². The maximum atomic E-state index is 4.43. The molecule has 1 atom stereocenters. The van der Waals surface area contributed by atoms with E-state index in [1.165, 1.54) is 16.9 Å². The summed E-state index contributed by atoms with van der Waals surface area (Å²) in [6.07, 6.45) is 5.63. The van der Waals surface area contributed by atoms with Crippen LogP contribution in [0.15, 0.2) is 22.1 Å². The minimum Gasteiger partial charge on any atom is -0.175 e. The van der Waals surface area contributed by atoms with Crippen LogP contribution in [-0.4, -0.2) is 5.25 Å². The van der Waals surface area contributed by atoms with Crippen molar-refractivity contribution in [2.24, 2.45) is 0 Å². The van der Waals surface area contributed by atoms with Crippen molar-refractivity contribution in [2.45, 2.75) is 24.5 Å². The average Bonchev–Trinajstić information content (AvgIpc) is 2.21. The highest BCUT2D eigenvalue weighted by molar-refractivity contribution is 7.84. The molecule has 2 aliphatic carbocycles. The minimum absolute atomic E-state index is 0.586. The van der Waals surface area contributed by atoms with E-state index in [1.807, 2.05) is 0 Å². The standard InChI is InChI=1S/C8H10S2/c9-7-1-5-2-8(10)4-6(5)3-7/h1,8-10H,2-4H2. The van der Waals surface area contributed by atoms with Crippen molar-refractivity contribution in [1.82, 2.24) is 0 Å². The van der Waals surface area contributed by atoms with Crippen LogP contribution in [0.5, 0.6) is 0 Å². The Kier molecular flexibility index (Phi) is 1.61. The largest absolute Gasteiger partial charge is 0.175 e. The molecule has 10 heavy (non-hydrogen) atoms. The summed E-state index contributed by atoms with van der Waals surface area (Å²) < 4.78 is 0. The molecule has 54 valence electrons. The first-order chi connectivity index (χ1) is 4.75. The second-order valence-electron chi connectivity index (χ2n) is 3.00. The zero-order chi connectivity index (χ0) is 7.14. The smallest absolute Gasteiger partial charge is 0.00946 e.